The monoisotopic (exact) mass is 491 g/mol. The lowest BCUT2D eigenvalue weighted by Crippen LogP contribution is -2.37. The fourth-order valence-electron chi connectivity index (χ4n) is 4.54. The van der Waals surface area contributed by atoms with Crippen LogP contribution in [0.3, 0.4) is 0 Å². The molecule has 0 fully saturated rings. The van der Waals surface area contributed by atoms with E-state index in [1.807, 2.05) is 16.7 Å². The fraction of sp³-hybridized carbons (Fsp3) is 0.500. The van der Waals surface area contributed by atoms with Gasteiger partial charge in [0.25, 0.3) is 0 Å². The Hall–Kier alpha value is -3.37. The summed E-state index contributed by atoms with van der Waals surface area (Å²) in [6, 6.07) is 4.80. The van der Waals surface area contributed by atoms with E-state index >= 15 is 0 Å². The Labute approximate surface area is 200 Å². The number of aliphatic carboxylic acids is 1. The van der Waals surface area contributed by atoms with Crippen molar-refractivity contribution in [3.05, 3.63) is 47.0 Å². The number of rotatable bonds is 7. The van der Waals surface area contributed by atoms with Gasteiger partial charge < -0.3 is 14.6 Å². The van der Waals surface area contributed by atoms with E-state index in [0.29, 0.717) is 43.7 Å². The van der Waals surface area contributed by atoms with Crippen molar-refractivity contribution in [3.8, 4) is 0 Å². The van der Waals surface area contributed by atoms with Gasteiger partial charge in [0.1, 0.15) is 5.65 Å². The minimum atomic E-state index is -4.54. The summed E-state index contributed by atoms with van der Waals surface area (Å²) in [5, 5.41) is 13.8. The van der Waals surface area contributed by atoms with E-state index in [0.717, 1.165) is 22.7 Å². The molecular weight excluding hydrogens is 463 g/mol. The second-order valence-electron chi connectivity index (χ2n) is 9.64. The number of hydrogen-bond acceptors (Lipinski definition) is 4. The van der Waals surface area contributed by atoms with Crippen LogP contribution in [0.2, 0.25) is 0 Å². The predicted octanol–water partition coefficient (Wildman–Crippen LogP) is 4.00. The number of carboxylic acids is 1. The molecule has 0 spiro atoms. The number of hydrogen-bond donors (Lipinski definition) is 1. The maximum Gasteiger partial charge on any atom is 0.435 e. The molecule has 4 heterocycles. The molecule has 1 aliphatic heterocycles. The molecule has 8 nitrogen and oxygen atoms in total. The van der Waals surface area contributed by atoms with Crippen molar-refractivity contribution in [3.63, 3.8) is 0 Å². The summed E-state index contributed by atoms with van der Waals surface area (Å²) in [6.07, 6.45) is -1.20. The first-order valence-electron chi connectivity index (χ1n) is 11.4. The van der Waals surface area contributed by atoms with Gasteiger partial charge in [-0.2, -0.15) is 18.3 Å². The van der Waals surface area contributed by atoms with Gasteiger partial charge in [-0.3, -0.25) is 14.3 Å². The highest BCUT2D eigenvalue weighted by Crippen LogP contribution is 2.33. The summed E-state index contributed by atoms with van der Waals surface area (Å²) in [7, 11) is 1.48. The zero-order valence-electron chi connectivity index (χ0n) is 19.9. The highest BCUT2D eigenvalue weighted by atomic mass is 19.4. The number of amides is 1. The number of carbonyl (C=O) groups excluding carboxylic acids is 1. The van der Waals surface area contributed by atoms with Gasteiger partial charge in [0.15, 0.2) is 5.69 Å². The first-order valence-corrected chi connectivity index (χ1v) is 11.4. The first-order chi connectivity index (χ1) is 16.4. The van der Waals surface area contributed by atoms with Gasteiger partial charge in [0.2, 0.25) is 5.91 Å². The third kappa shape index (κ3) is 4.89. The third-order valence-electron chi connectivity index (χ3n) is 6.73. The maximum atomic E-state index is 13.2. The van der Waals surface area contributed by atoms with Crippen molar-refractivity contribution in [1.82, 2.24) is 24.2 Å². The van der Waals surface area contributed by atoms with Crippen molar-refractivity contribution in [1.29, 1.82) is 0 Å². The molecule has 1 N–H and O–H groups in total. The molecule has 1 aliphatic rings. The molecule has 3 aromatic rings. The Bertz CT molecular complexity index is 1280. The average molecular weight is 492 g/mol. The number of carbonyl (C=O) groups is 2. The van der Waals surface area contributed by atoms with Crippen molar-refractivity contribution in [2.45, 2.75) is 58.8 Å². The lowest BCUT2D eigenvalue weighted by Gasteiger charge is -2.29. The van der Waals surface area contributed by atoms with Gasteiger partial charge >= 0.3 is 12.1 Å². The Kier molecular flexibility index (Phi) is 6.37. The fourth-order valence-corrected chi connectivity index (χ4v) is 4.54. The van der Waals surface area contributed by atoms with E-state index < -0.39 is 23.3 Å². The molecule has 0 radical (unpaired) electrons. The van der Waals surface area contributed by atoms with E-state index in [4.69, 9.17) is 0 Å². The van der Waals surface area contributed by atoms with Crippen LogP contribution in [0.15, 0.2) is 24.4 Å². The Morgan fingerprint density at radius 1 is 1.23 bits per heavy atom. The molecule has 0 atom stereocenters. The minimum Gasteiger partial charge on any atom is -0.481 e. The number of aromatic nitrogens is 4. The predicted molar refractivity (Wildman–Crippen MR) is 121 cm³/mol. The summed E-state index contributed by atoms with van der Waals surface area (Å²) in [4.78, 5) is 30.5. The number of nitrogens with zero attached hydrogens (tertiary/aromatic N) is 5. The molecule has 188 valence electrons. The topological polar surface area (TPSA) is 93.3 Å². The molecule has 11 heteroatoms. The Morgan fingerprint density at radius 3 is 2.63 bits per heavy atom. The molecule has 4 rings (SSSR count). The van der Waals surface area contributed by atoms with Crippen LogP contribution in [0.1, 0.15) is 55.8 Å². The summed E-state index contributed by atoms with van der Waals surface area (Å²) >= 11 is 0. The first kappa shape index (κ1) is 24.7. The van der Waals surface area contributed by atoms with E-state index in [1.54, 1.807) is 24.9 Å². The summed E-state index contributed by atoms with van der Waals surface area (Å²) in [5.74, 6) is -0.963. The van der Waals surface area contributed by atoms with Crippen LogP contribution in [0, 0.1) is 5.41 Å². The highest BCUT2D eigenvalue weighted by molar-refractivity contribution is 5.84. The second-order valence-corrected chi connectivity index (χ2v) is 9.64. The number of pyridine rings is 1. The number of halogens is 3. The summed E-state index contributed by atoms with van der Waals surface area (Å²) in [6.45, 7) is 4.25. The van der Waals surface area contributed by atoms with E-state index in [2.05, 4.69) is 10.1 Å². The van der Waals surface area contributed by atoms with Crippen LogP contribution in [-0.4, -0.2) is 47.8 Å². The molecule has 1 amide bonds. The second kappa shape index (κ2) is 9.01. The van der Waals surface area contributed by atoms with Crippen molar-refractivity contribution < 1.29 is 27.9 Å². The van der Waals surface area contributed by atoms with Gasteiger partial charge in [-0.15, -0.1) is 0 Å². The Balaban J connectivity index is 1.59. The van der Waals surface area contributed by atoms with Gasteiger partial charge in [-0.05, 0) is 56.9 Å². The summed E-state index contributed by atoms with van der Waals surface area (Å²) in [5.41, 5.74) is 1.08. The van der Waals surface area contributed by atoms with Gasteiger partial charge in [0.05, 0.1) is 24.2 Å². The number of alkyl halides is 3. The molecule has 0 bridgehead atoms. The SMILES string of the molecule is Cn1nc(C(F)(F)F)cc1Cn1c2c(c3cccnc31)CCN(C(=O)CCCC(C)(C)C(=O)O)C2. The maximum absolute atomic E-state index is 13.2. The average Bonchev–Trinajstić information content (AvgIpc) is 3.32. The molecule has 0 aromatic carbocycles. The number of carboxylic acid groups (broad SMARTS) is 1. The molecule has 0 unspecified atom stereocenters. The Morgan fingerprint density at radius 2 is 1.97 bits per heavy atom. The van der Waals surface area contributed by atoms with Gasteiger partial charge in [0, 0.05) is 37.3 Å². The standard InChI is InChI=1S/C24H28F3N5O3/c1-23(2,22(34)35)9-4-7-20(33)31-11-8-16-17-6-5-10-28-21(17)32(18(16)14-31)13-15-12-19(24(25,26)27)29-30(15)3/h5-6,10,12H,4,7-9,11,13-14H2,1-3H3,(H,34,35). The third-order valence-corrected chi connectivity index (χ3v) is 6.73. The van der Waals surface area contributed by atoms with E-state index in [-0.39, 0.29) is 18.9 Å². The highest BCUT2D eigenvalue weighted by Gasteiger charge is 2.35. The molecular formula is C24H28F3N5O3. The van der Waals surface area contributed by atoms with Crippen LogP contribution < -0.4 is 0 Å². The van der Waals surface area contributed by atoms with E-state index in [1.165, 1.54) is 11.7 Å². The van der Waals surface area contributed by atoms with Crippen LogP contribution in [0.4, 0.5) is 13.2 Å². The normalized spacial score (nSPS) is 14.4. The molecule has 3 aromatic heterocycles. The molecule has 0 aliphatic carbocycles. The van der Waals surface area contributed by atoms with Crippen LogP contribution in [0.5, 0.6) is 0 Å². The smallest absolute Gasteiger partial charge is 0.435 e. The largest absolute Gasteiger partial charge is 0.481 e. The van der Waals surface area contributed by atoms with Crippen molar-refractivity contribution in [2.75, 3.05) is 6.54 Å². The molecule has 35 heavy (non-hydrogen) atoms. The van der Waals surface area contributed by atoms with E-state index in [9.17, 15) is 27.9 Å². The molecule has 0 saturated heterocycles. The van der Waals surface area contributed by atoms with Gasteiger partial charge in [-0.25, -0.2) is 4.98 Å². The zero-order chi connectivity index (χ0) is 25.5. The lowest BCUT2D eigenvalue weighted by atomic mass is 9.87. The minimum absolute atomic E-state index is 0.0681. The lowest BCUT2D eigenvalue weighted by molar-refractivity contribution is -0.147. The van der Waals surface area contributed by atoms with Crippen LogP contribution >= 0.6 is 0 Å². The van der Waals surface area contributed by atoms with Crippen LogP contribution in [0.25, 0.3) is 11.0 Å². The molecule has 0 saturated carbocycles. The van der Waals surface area contributed by atoms with Crippen LogP contribution in [-0.2, 0) is 42.3 Å². The van der Waals surface area contributed by atoms with Crippen molar-refractivity contribution >= 4 is 22.9 Å². The summed E-state index contributed by atoms with van der Waals surface area (Å²) < 4.78 is 42.6. The van der Waals surface area contributed by atoms with Crippen molar-refractivity contribution in [2.24, 2.45) is 12.5 Å². The number of aryl methyl sites for hydroxylation is 1. The van der Waals surface area contributed by atoms with Gasteiger partial charge in [-0.1, -0.05) is 0 Å². The zero-order valence-corrected chi connectivity index (χ0v) is 19.9. The number of fused-ring (bicyclic) bond motifs is 3. The quantitative estimate of drug-likeness (QED) is 0.539.